The molecule has 0 N–H and O–H groups in total. The standard InChI is InChI=1S/C21H22F3N5O2/c1-12-5-6-14(17(9-12)31-4)20(30)29-8-7-13-15(11-29)25-28(3)19(13)16-10-18(21(22,23)24)26-27(16)2/h5-6,9-10H,7-8,11H2,1-4H3. The van der Waals surface area contributed by atoms with Crippen LogP contribution in [-0.4, -0.2) is 44.0 Å². The number of rotatable bonds is 3. The number of alkyl halides is 3. The lowest BCUT2D eigenvalue weighted by molar-refractivity contribution is -0.141. The van der Waals surface area contributed by atoms with Crippen molar-refractivity contribution in [3.8, 4) is 17.1 Å². The zero-order valence-electron chi connectivity index (χ0n) is 17.6. The number of nitrogens with zero attached hydrogens (tertiary/aromatic N) is 5. The number of methoxy groups -OCH3 is 1. The summed E-state index contributed by atoms with van der Waals surface area (Å²) in [6.45, 7) is 2.61. The first-order chi connectivity index (χ1) is 14.6. The molecule has 31 heavy (non-hydrogen) atoms. The first kappa shape index (κ1) is 21.0. The minimum atomic E-state index is -4.52. The Morgan fingerprint density at radius 3 is 2.52 bits per heavy atom. The molecule has 0 unspecified atom stereocenters. The molecule has 7 nitrogen and oxygen atoms in total. The highest BCUT2D eigenvalue weighted by Gasteiger charge is 2.36. The fourth-order valence-electron chi connectivity index (χ4n) is 3.99. The molecule has 0 saturated heterocycles. The van der Waals surface area contributed by atoms with Gasteiger partial charge in [0.15, 0.2) is 5.69 Å². The van der Waals surface area contributed by atoms with E-state index in [0.29, 0.717) is 41.4 Å². The summed E-state index contributed by atoms with van der Waals surface area (Å²) < 4.78 is 47.4. The molecule has 1 amide bonds. The Morgan fingerprint density at radius 2 is 1.87 bits per heavy atom. The van der Waals surface area contributed by atoms with E-state index in [1.54, 1.807) is 22.7 Å². The predicted molar refractivity (Wildman–Crippen MR) is 107 cm³/mol. The van der Waals surface area contributed by atoms with E-state index in [1.165, 1.54) is 18.8 Å². The molecular weight excluding hydrogens is 411 g/mol. The number of amides is 1. The number of hydrogen-bond acceptors (Lipinski definition) is 4. The molecular formula is C21H22F3N5O2. The van der Waals surface area contributed by atoms with Gasteiger partial charge in [-0.25, -0.2) is 0 Å². The van der Waals surface area contributed by atoms with Crippen LogP contribution < -0.4 is 4.74 Å². The van der Waals surface area contributed by atoms with E-state index < -0.39 is 11.9 Å². The van der Waals surface area contributed by atoms with Gasteiger partial charge in [0.2, 0.25) is 0 Å². The molecule has 164 valence electrons. The smallest absolute Gasteiger partial charge is 0.435 e. The van der Waals surface area contributed by atoms with Crippen molar-refractivity contribution in [1.82, 2.24) is 24.5 Å². The van der Waals surface area contributed by atoms with Crippen molar-refractivity contribution in [2.24, 2.45) is 14.1 Å². The molecule has 3 aromatic rings. The molecule has 2 aromatic heterocycles. The van der Waals surface area contributed by atoms with E-state index in [-0.39, 0.29) is 12.5 Å². The number of aryl methyl sites for hydroxylation is 3. The Bertz CT molecular complexity index is 1160. The van der Waals surface area contributed by atoms with Gasteiger partial charge in [0.05, 0.1) is 36.3 Å². The van der Waals surface area contributed by atoms with E-state index in [0.717, 1.165) is 17.2 Å². The number of hydrogen-bond donors (Lipinski definition) is 0. The van der Waals surface area contributed by atoms with Crippen LogP contribution in [0.15, 0.2) is 24.3 Å². The number of ether oxygens (including phenoxy) is 1. The summed E-state index contributed by atoms with van der Waals surface area (Å²) in [5.41, 5.74) is 2.92. The molecule has 0 saturated carbocycles. The lowest BCUT2D eigenvalue weighted by atomic mass is 10.0. The van der Waals surface area contributed by atoms with Crippen molar-refractivity contribution in [2.45, 2.75) is 26.1 Å². The molecule has 0 spiro atoms. The molecule has 0 radical (unpaired) electrons. The normalized spacial score (nSPS) is 14.0. The predicted octanol–water partition coefficient (Wildman–Crippen LogP) is 3.35. The molecule has 1 aliphatic heterocycles. The van der Waals surface area contributed by atoms with Crippen molar-refractivity contribution in [3.63, 3.8) is 0 Å². The Morgan fingerprint density at radius 1 is 1.13 bits per heavy atom. The number of benzene rings is 1. The molecule has 0 fully saturated rings. The quantitative estimate of drug-likeness (QED) is 0.636. The van der Waals surface area contributed by atoms with Crippen LogP contribution in [-0.2, 0) is 33.2 Å². The molecule has 1 aromatic carbocycles. The van der Waals surface area contributed by atoms with Crippen LogP contribution in [0.5, 0.6) is 5.75 Å². The molecule has 0 bridgehead atoms. The second kappa shape index (κ2) is 7.44. The lowest BCUT2D eigenvalue weighted by Crippen LogP contribution is -2.36. The van der Waals surface area contributed by atoms with Crippen molar-refractivity contribution in [1.29, 1.82) is 0 Å². The summed E-state index contributed by atoms with van der Waals surface area (Å²) in [5.74, 6) is 0.335. The third-order valence-electron chi connectivity index (χ3n) is 5.49. The average Bonchev–Trinajstić information content (AvgIpc) is 3.25. The number of aromatic nitrogens is 4. The summed E-state index contributed by atoms with van der Waals surface area (Å²) in [6, 6.07) is 6.43. The molecule has 0 atom stereocenters. The van der Waals surface area contributed by atoms with E-state index in [1.807, 2.05) is 19.1 Å². The first-order valence-corrected chi connectivity index (χ1v) is 9.70. The Balaban J connectivity index is 1.66. The van der Waals surface area contributed by atoms with Crippen LogP contribution in [0.2, 0.25) is 0 Å². The third kappa shape index (κ3) is 3.66. The van der Waals surface area contributed by atoms with Crippen molar-refractivity contribution >= 4 is 5.91 Å². The van der Waals surface area contributed by atoms with Gasteiger partial charge in [0.1, 0.15) is 5.75 Å². The van der Waals surface area contributed by atoms with Crippen molar-refractivity contribution in [2.75, 3.05) is 13.7 Å². The average molecular weight is 433 g/mol. The fourth-order valence-corrected chi connectivity index (χ4v) is 3.99. The van der Waals surface area contributed by atoms with Crippen molar-refractivity contribution < 1.29 is 22.7 Å². The van der Waals surface area contributed by atoms with Gasteiger partial charge in [0.25, 0.3) is 5.91 Å². The van der Waals surface area contributed by atoms with Crippen LogP contribution in [0, 0.1) is 6.92 Å². The molecule has 10 heteroatoms. The van der Waals surface area contributed by atoms with Gasteiger partial charge >= 0.3 is 6.18 Å². The van der Waals surface area contributed by atoms with E-state index in [9.17, 15) is 18.0 Å². The number of carbonyl (C=O) groups excluding carboxylic acids is 1. The second-order valence-corrected chi connectivity index (χ2v) is 7.61. The van der Waals surface area contributed by atoms with Gasteiger partial charge in [-0.3, -0.25) is 14.2 Å². The van der Waals surface area contributed by atoms with Gasteiger partial charge < -0.3 is 9.64 Å². The van der Waals surface area contributed by atoms with Gasteiger partial charge in [-0.15, -0.1) is 0 Å². The monoisotopic (exact) mass is 433 g/mol. The number of carbonyl (C=O) groups is 1. The Hall–Kier alpha value is -3.30. The van der Waals surface area contributed by atoms with Crippen LogP contribution in [0.1, 0.15) is 32.9 Å². The minimum Gasteiger partial charge on any atom is -0.496 e. The maximum absolute atomic E-state index is 13.1. The third-order valence-corrected chi connectivity index (χ3v) is 5.49. The number of halogens is 3. The van der Waals surface area contributed by atoms with Gasteiger partial charge in [-0.05, 0) is 37.1 Å². The Kier molecular flexibility index (Phi) is 5.03. The molecule has 4 rings (SSSR count). The maximum Gasteiger partial charge on any atom is 0.435 e. The molecule has 3 heterocycles. The van der Waals surface area contributed by atoms with Gasteiger partial charge in [-0.1, -0.05) is 6.07 Å². The van der Waals surface area contributed by atoms with Crippen molar-refractivity contribution in [3.05, 3.63) is 52.3 Å². The van der Waals surface area contributed by atoms with Crippen LogP contribution >= 0.6 is 0 Å². The minimum absolute atomic E-state index is 0.172. The van der Waals surface area contributed by atoms with E-state index >= 15 is 0 Å². The summed E-state index contributed by atoms with van der Waals surface area (Å²) in [6.07, 6.45) is -4.05. The second-order valence-electron chi connectivity index (χ2n) is 7.61. The summed E-state index contributed by atoms with van der Waals surface area (Å²) in [5, 5.41) is 8.10. The molecule has 1 aliphatic rings. The zero-order chi connectivity index (χ0) is 22.5. The van der Waals surface area contributed by atoms with Gasteiger partial charge in [0, 0.05) is 26.2 Å². The lowest BCUT2D eigenvalue weighted by Gasteiger charge is -2.27. The summed E-state index contributed by atoms with van der Waals surface area (Å²) in [7, 11) is 4.68. The van der Waals surface area contributed by atoms with Gasteiger partial charge in [-0.2, -0.15) is 23.4 Å². The van der Waals surface area contributed by atoms with Crippen LogP contribution in [0.4, 0.5) is 13.2 Å². The summed E-state index contributed by atoms with van der Waals surface area (Å²) >= 11 is 0. The zero-order valence-corrected chi connectivity index (χ0v) is 17.6. The van der Waals surface area contributed by atoms with E-state index in [2.05, 4.69) is 10.2 Å². The fraction of sp³-hybridized carbons (Fsp3) is 0.381. The largest absolute Gasteiger partial charge is 0.496 e. The Labute approximate surface area is 177 Å². The highest BCUT2D eigenvalue weighted by molar-refractivity contribution is 5.97. The topological polar surface area (TPSA) is 65.2 Å². The van der Waals surface area contributed by atoms with Crippen LogP contribution in [0.25, 0.3) is 11.4 Å². The highest BCUT2D eigenvalue weighted by atomic mass is 19.4. The van der Waals surface area contributed by atoms with E-state index in [4.69, 9.17) is 4.74 Å². The number of fused-ring (bicyclic) bond motifs is 1. The summed E-state index contributed by atoms with van der Waals surface area (Å²) in [4.78, 5) is 14.8. The SMILES string of the molecule is COc1cc(C)ccc1C(=O)N1CCc2c(nn(C)c2-c2cc(C(F)(F)F)nn2C)C1. The first-order valence-electron chi connectivity index (χ1n) is 9.70. The maximum atomic E-state index is 13.1. The van der Waals surface area contributed by atoms with Crippen LogP contribution in [0.3, 0.4) is 0 Å². The highest BCUT2D eigenvalue weighted by Crippen LogP contribution is 2.35. The molecule has 0 aliphatic carbocycles.